The van der Waals surface area contributed by atoms with E-state index in [1.807, 2.05) is 18.2 Å². The topological polar surface area (TPSA) is 83.5 Å². The zero-order valence-electron chi connectivity index (χ0n) is 34.9. The lowest BCUT2D eigenvalue weighted by Gasteiger charge is -2.43. The summed E-state index contributed by atoms with van der Waals surface area (Å²) < 4.78 is 34.2. The molecule has 2 aromatic carbocycles. The molecule has 0 saturated heterocycles. The minimum Gasteiger partial charge on any atom is -0.543 e. The molecule has 0 amide bonds. The Morgan fingerprint density at radius 3 is 1.50 bits per heavy atom. The second-order valence-corrected chi connectivity index (χ2v) is 39.2. The number of Topliss-reactive ketones (excluding diaryl/α,β-unsaturated/α-hetero) is 1. The van der Waals surface area contributed by atoms with Crippen molar-refractivity contribution in [3.8, 4) is 28.7 Å². The molecule has 2 atom stereocenters. The number of ether oxygens (including phenoxy) is 1. The van der Waals surface area contributed by atoms with Gasteiger partial charge >= 0.3 is 0 Å². The van der Waals surface area contributed by atoms with Gasteiger partial charge in [0, 0.05) is 12.1 Å². The van der Waals surface area contributed by atoms with Gasteiger partial charge in [0.2, 0.25) is 14.1 Å². The Bertz CT molecular complexity index is 1570. The lowest BCUT2D eigenvalue weighted by molar-refractivity contribution is 0.0260. The first-order chi connectivity index (χ1) is 22.1. The summed E-state index contributed by atoms with van der Waals surface area (Å²) in [6.07, 6.45) is -1.77. The number of aromatic hydroxyl groups is 1. The highest BCUT2D eigenvalue weighted by Crippen LogP contribution is 2.50. The molecule has 0 aliphatic carbocycles. The van der Waals surface area contributed by atoms with Crippen molar-refractivity contribution in [3.63, 3.8) is 0 Å². The number of fused-ring (bicyclic) bond motifs is 1. The highest BCUT2D eigenvalue weighted by Gasteiger charge is 2.49. The zero-order chi connectivity index (χ0) is 38.8. The van der Waals surface area contributed by atoms with Crippen molar-refractivity contribution in [2.75, 3.05) is 0 Å². The van der Waals surface area contributed by atoms with E-state index in [0.717, 1.165) is 5.56 Å². The summed E-state index contributed by atoms with van der Waals surface area (Å²) in [6, 6.07) is 9.23. The van der Waals surface area contributed by atoms with Crippen LogP contribution < -0.4 is 18.0 Å². The third-order valence-electron chi connectivity index (χ3n) is 12.1. The van der Waals surface area contributed by atoms with E-state index in [1.165, 1.54) is 0 Å². The van der Waals surface area contributed by atoms with Crippen molar-refractivity contribution in [3.05, 3.63) is 41.5 Å². The van der Waals surface area contributed by atoms with E-state index < -0.39 is 45.5 Å². The van der Waals surface area contributed by atoms with Gasteiger partial charge in [-0.3, -0.25) is 4.79 Å². The van der Waals surface area contributed by atoms with Crippen LogP contribution in [0.4, 0.5) is 0 Å². The molecule has 0 radical (unpaired) electrons. The van der Waals surface area contributed by atoms with Gasteiger partial charge in [-0.25, -0.2) is 0 Å². The number of hydrogen-bond acceptors (Lipinski definition) is 7. The Balaban J connectivity index is 2.28. The van der Waals surface area contributed by atoms with Crippen molar-refractivity contribution < 1.29 is 32.3 Å². The summed E-state index contributed by atoms with van der Waals surface area (Å²) in [5.74, 6) is 1.68. The third kappa shape index (κ3) is 8.75. The van der Waals surface area contributed by atoms with Crippen LogP contribution in [-0.2, 0) is 4.43 Å². The third-order valence-corrected chi connectivity index (χ3v) is 29.6. The van der Waals surface area contributed by atoms with E-state index in [9.17, 15) is 9.90 Å². The molecule has 0 fully saturated rings. The smallest absolute Gasteiger partial charge is 0.250 e. The van der Waals surface area contributed by atoms with Crippen LogP contribution in [0.2, 0.25) is 72.5 Å². The molecular weight excluding hydrogens is 693 g/mol. The van der Waals surface area contributed by atoms with E-state index in [-0.39, 0.29) is 43.0 Å². The van der Waals surface area contributed by atoms with Crippen LogP contribution in [0.25, 0.3) is 0 Å². The van der Waals surface area contributed by atoms with Crippen LogP contribution in [-0.4, -0.2) is 50.3 Å². The number of phenolic OH excluding ortho intramolecular Hbond substituents is 1. The second kappa shape index (κ2) is 13.4. The minimum atomic E-state index is -2.50. The molecule has 1 aliphatic heterocycles. The molecule has 7 nitrogen and oxygen atoms in total. The maximum absolute atomic E-state index is 14.6. The lowest BCUT2D eigenvalue weighted by Crippen LogP contribution is -2.50. The predicted molar refractivity (Wildman–Crippen MR) is 218 cm³/mol. The molecule has 0 bridgehead atoms. The Labute approximate surface area is 308 Å². The maximum atomic E-state index is 14.6. The van der Waals surface area contributed by atoms with Gasteiger partial charge in [0.05, 0.1) is 0 Å². The highest BCUT2D eigenvalue weighted by molar-refractivity contribution is 6.76. The minimum absolute atomic E-state index is 0.0170. The number of carbonyl (C=O) groups excluding carboxylic acids is 1. The first kappa shape index (κ1) is 42.4. The Hall–Kier alpha value is -2.06. The van der Waals surface area contributed by atoms with E-state index in [2.05, 4.69) is 135 Å². The molecule has 1 aliphatic rings. The zero-order valence-corrected chi connectivity index (χ0v) is 38.9. The van der Waals surface area contributed by atoms with Crippen LogP contribution in [0.15, 0.2) is 30.3 Å². The fraction of sp³-hybridized carbons (Fsp3) is 0.667. The Kier molecular flexibility index (Phi) is 11.4. The van der Waals surface area contributed by atoms with Gasteiger partial charge in [-0.2, -0.15) is 0 Å². The number of hydrogen-bond donors (Lipinski definition) is 1. The summed E-state index contributed by atoms with van der Waals surface area (Å²) in [5.41, 5.74) is 0.877. The molecule has 3 rings (SSSR count). The summed E-state index contributed by atoms with van der Waals surface area (Å²) in [6.45, 7) is 43.7. The number of phenols is 1. The Morgan fingerprint density at radius 1 is 0.600 bits per heavy atom. The standard InChI is InChI=1S/C39H68O7Si4/c1-36(2,3)47(13,14)43-27-24-28(40)32-31(25-27)42-34(35(33(32)41)46-50(19,20)39(10,11)12)26-21-22-29(44-48(15,16)37(4,5)6)30(23-26)45-49(17,18)38(7,8)9/h21-25,34-35,40H,1-20H3/t34-,35+/m1/s1. The Morgan fingerprint density at radius 2 is 1.04 bits per heavy atom. The molecule has 1 N–H and O–H groups in total. The molecule has 11 heteroatoms. The van der Waals surface area contributed by atoms with Gasteiger partial charge in [0.25, 0.3) is 16.6 Å². The molecule has 0 saturated carbocycles. The van der Waals surface area contributed by atoms with Gasteiger partial charge in [-0.05, 0) is 90.2 Å². The number of rotatable bonds is 9. The van der Waals surface area contributed by atoms with E-state index in [1.54, 1.807) is 12.1 Å². The van der Waals surface area contributed by atoms with Crippen molar-refractivity contribution >= 4 is 39.1 Å². The number of benzene rings is 2. The maximum Gasteiger partial charge on any atom is 0.250 e. The molecule has 0 spiro atoms. The van der Waals surface area contributed by atoms with Crippen LogP contribution in [0.5, 0.6) is 28.7 Å². The average molecular weight is 761 g/mol. The van der Waals surface area contributed by atoms with Crippen molar-refractivity contribution in [2.24, 2.45) is 0 Å². The molecule has 0 aromatic heterocycles. The average Bonchev–Trinajstić information content (AvgIpc) is 2.87. The van der Waals surface area contributed by atoms with Crippen molar-refractivity contribution in [1.29, 1.82) is 0 Å². The van der Waals surface area contributed by atoms with Gasteiger partial charge in [-0.1, -0.05) is 89.2 Å². The van der Waals surface area contributed by atoms with Crippen LogP contribution >= 0.6 is 0 Å². The summed E-state index contributed by atoms with van der Waals surface area (Å²) >= 11 is 0. The van der Waals surface area contributed by atoms with Crippen LogP contribution in [0.1, 0.15) is 105 Å². The fourth-order valence-electron chi connectivity index (χ4n) is 4.48. The van der Waals surface area contributed by atoms with E-state index >= 15 is 0 Å². The van der Waals surface area contributed by atoms with Crippen molar-refractivity contribution in [2.45, 2.75) is 168 Å². The lowest BCUT2D eigenvalue weighted by atomic mass is 9.92. The first-order valence-corrected chi connectivity index (χ1v) is 29.7. The molecule has 2 aromatic rings. The molecular formula is C39H68O7Si4. The van der Waals surface area contributed by atoms with Crippen LogP contribution in [0, 0.1) is 0 Å². The van der Waals surface area contributed by atoms with E-state index in [0.29, 0.717) is 17.2 Å². The molecule has 0 unspecified atom stereocenters. The second-order valence-electron chi connectivity index (χ2n) is 20.3. The normalized spacial score (nSPS) is 18.4. The van der Waals surface area contributed by atoms with Gasteiger partial charge in [0.15, 0.2) is 20.5 Å². The van der Waals surface area contributed by atoms with Crippen molar-refractivity contribution in [1.82, 2.24) is 0 Å². The predicted octanol–water partition coefficient (Wildman–Crippen LogP) is 12.3. The SMILES string of the molecule is CC(C)(C)[Si](C)(C)Oc1cc(O)c2c(c1)O[C@H](c1ccc(O[Si](C)(C)C(C)(C)C)c(O[Si](C)(C)C(C)(C)C)c1)[C@@H](O[Si](C)(C)C(C)(C)C)C2=O. The monoisotopic (exact) mass is 760 g/mol. The molecule has 50 heavy (non-hydrogen) atoms. The summed E-state index contributed by atoms with van der Waals surface area (Å²) in [7, 11) is -9.31. The van der Waals surface area contributed by atoms with Crippen LogP contribution in [0.3, 0.4) is 0 Å². The first-order valence-electron chi connectivity index (χ1n) is 18.1. The van der Waals surface area contributed by atoms with Gasteiger partial charge in [0.1, 0.15) is 34.3 Å². The highest BCUT2D eigenvalue weighted by atomic mass is 28.4. The molecule has 282 valence electrons. The number of carbonyl (C=O) groups is 1. The quantitative estimate of drug-likeness (QED) is 0.255. The summed E-state index contributed by atoms with van der Waals surface area (Å²) in [5, 5.41) is 11.1. The largest absolute Gasteiger partial charge is 0.543 e. The van der Waals surface area contributed by atoms with Gasteiger partial charge < -0.3 is 27.5 Å². The summed E-state index contributed by atoms with van der Waals surface area (Å²) in [4.78, 5) is 14.6. The van der Waals surface area contributed by atoms with Gasteiger partial charge in [-0.15, -0.1) is 0 Å². The fourth-order valence-corrected chi connectivity index (χ4v) is 8.75. The van der Waals surface area contributed by atoms with E-state index in [4.69, 9.17) is 22.4 Å². The number of ketones is 1. The molecule has 1 heterocycles.